The van der Waals surface area contributed by atoms with Gasteiger partial charge < -0.3 is 14.4 Å². The number of likely N-dealkylation sites (N-methyl/N-ethyl adjacent to an activating group) is 1. The molecule has 0 radical (unpaired) electrons. The zero-order chi connectivity index (χ0) is 23.5. The molecule has 10 heteroatoms. The summed E-state index contributed by atoms with van der Waals surface area (Å²) in [7, 11) is -1.71. The number of alkyl halides is 2. The highest BCUT2D eigenvalue weighted by atomic mass is 32.2. The summed E-state index contributed by atoms with van der Waals surface area (Å²) in [5.41, 5.74) is 1.16. The molecular formula is C22H21F4NO4S. The van der Waals surface area contributed by atoms with Gasteiger partial charge in [0.2, 0.25) is 0 Å². The molecule has 0 saturated heterocycles. The van der Waals surface area contributed by atoms with Gasteiger partial charge in [0.15, 0.2) is 21.4 Å². The van der Waals surface area contributed by atoms with E-state index < -0.39 is 28.1 Å². The van der Waals surface area contributed by atoms with E-state index in [4.69, 9.17) is 4.74 Å². The minimum absolute atomic E-state index is 0.00880. The Labute approximate surface area is 183 Å². The monoisotopic (exact) mass is 471 g/mol. The highest BCUT2D eigenvalue weighted by Crippen LogP contribution is 2.35. The molecule has 2 aromatic rings. The van der Waals surface area contributed by atoms with Gasteiger partial charge in [-0.1, -0.05) is 13.0 Å². The average molecular weight is 471 g/mol. The van der Waals surface area contributed by atoms with Gasteiger partial charge in [0.05, 0.1) is 12.3 Å². The highest BCUT2D eigenvalue weighted by molar-refractivity contribution is 7.90. The Bertz CT molecular complexity index is 1160. The molecule has 1 aliphatic rings. The fourth-order valence-corrected chi connectivity index (χ4v) is 4.02. The van der Waals surface area contributed by atoms with E-state index in [-0.39, 0.29) is 35.3 Å². The van der Waals surface area contributed by atoms with Crippen LogP contribution in [0.3, 0.4) is 0 Å². The van der Waals surface area contributed by atoms with Crippen LogP contribution >= 0.6 is 0 Å². The smallest absolute Gasteiger partial charge is 0.387 e. The molecule has 0 aliphatic carbocycles. The van der Waals surface area contributed by atoms with E-state index in [1.54, 1.807) is 18.1 Å². The van der Waals surface area contributed by atoms with Crippen molar-refractivity contribution in [3.05, 3.63) is 77.2 Å². The SMILES string of the molecule is CCS(=O)(=O)Cc1ccc(Oc2ccc(F)cc2F)c(C2=CN(C)CC(OC(F)F)=C2)c1. The summed E-state index contributed by atoms with van der Waals surface area (Å²) in [6.07, 6.45) is 3.02. The standard InChI is InChI=1S/C22H21F4NO4S/c1-3-32(28,29)13-14-4-6-20(31-21-7-5-16(23)10-19(21)24)18(8-14)15-9-17(30-22(25)26)12-27(2)11-15/h4-11,22H,3,12-13H2,1-2H3. The number of hydrogen-bond donors (Lipinski definition) is 0. The molecule has 5 nitrogen and oxygen atoms in total. The third-order valence-electron chi connectivity index (χ3n) is 4.62. The molecule has 32 heavy (non-hydrogen) atoms. The predicted molar refractivity (Wildman–Crippen MR) is 112 cm³/mol. The topological polar surface area (TPSA) is 55.8 Å². The average Bonchev–Trinajstić information content (AvgIpc) is 2.70. The molecule has 0 unspecified atom stereocenters. The summed E-state index contributed by atoms with van der Waals surface area (Å²) in [6.45, 7) is -1.39. The van der Waals surface area contributed by atoms with E-state index in [0.717, 1.165) is 12.1 Å². The maximum atomic E-state index is 14.1. The first-order chi connectivity index (χ1) is 15.1. The number of halogens is 4. The third kappa shape index (κ3) is 6.03. The van der Waals surface area contributed by atoms with Crippen molar-refractivity contribution < 1.29 is 35.5 Å². The lowest BCUT2D eigenvalue weighted by Crippen LogP contribution is -2.21. The number of benzene rings is 2. The summed E-state index contributed by atoms with van der Waals surface area (Å²) in [4.78, 5) is 1.60. The van der Waals surface area contributed by atoms with Gasteiger partial charge in [-0.25, -0.2) is 17.2 Å². The molecule has 0 N–H and O–H groups in total. The van der Waals surface area contributed by atoms with Crippen molar-refractivity contribution in [1.82, 2.24) is 4.90 Å². The number of ether oxygens (including phenoxy) is 2. The molecule has 2 aromatic carbocycles. The van der Waals surface area contributed by atoms with E-state index in [2.05, 4.69) is 4.74 Å². The number of nitrogens with zero attached hydrogens (tertiary/aromatic N) is 1. The van der Waals surface area contributed by atoms with E-state index in [9.17, 15) is 26.0 Å². The Hall–Kier alpha value is -3.01. The molecule has 1 heterocycles. The lowest BCUT2D eigenvalue weighted by atomic mass is 10.0. The first-order valence-electron chi connectivity index (χ1n) is 9.60. The van der Waals surface area contributed by atoms with Crippen molar-refractivity contribution in [1.29, 1.82) is 0 Å². The Balaban J connectivity index is 2.08. The Morgan fingerprint density at radius 3 is 2.47 bits per heavy atom. The Morgan fingerprint density at radius 1 is 1.09 bits per heavy atom. The molecule has 0 saturated carbocycles. The van der Waals surface area contributed by atoms with Gasteiger partial charge in [-0.2, -0.15) is 8.78 Å². The Kier molecular flexibility index (Phi) is 7.12. The van der Waals surface area contributed by atoms with E-state index in [1.165, 1.54) is 31.2 Å². The van der Waals surface area contributed by atoms with E-state index in [1.807, 2.05) is 0 Å². The van der Waals surface area contributed by atoms with Crippen LogP contribution < -0.4 is 4.74 Å². The van der Waals surface area contributed by atoms with Gasteiger partial charge in [0.1, 0.15) is 17.3 Å². The molecule has 1 aliphatic heterocycles. The fraction of sp³-hybridized carbons (Fsp3) is 0.273. The van der Waals surface area contributed by atoms with Crippen molar-refractivity contribution in [2.45, 2.75) is 19.3 Å². The predicted octanol–water partition coefficient (Wildman–Crippen LogP) is 5.10. The van der Waals surface area contributed by atoms with Crippen LogP contribution in [-0.4, -0.2) is 39.3 Å². The van der Waals surface area contributed by atoms with Crippen molar-refractivity contribution in [2.24, 2.45) is 0 Å². The minimum atomic E-state index is -3.35. The molecule has 0 aromatic heterocycles. The second kappa shape index (κ2) is 9.64. The van der Waals surface area contributed by atoms with Gasteiger partial charge in [-0.3, -0.25) is 0 Å². The van der Waals surface area contributed by atoms with Crippen LogP contribution in [0.5, 0.6) is 11.5 Å². The molecule has 0 spiro atoms. The van der Waals surface area contributed by atoms with Gasteiger partial charge in [0, 0.05) is 36.2 Å². The fourth-order valence-electron chi connectivity index (χ4n) is 3.13. The number of sulfone groups is 1. The zero-order valence-corrected chi connectivity index (χ0v) is 18.1. The van der Waals surface area contributed by atoms with Crippen LogP contribution in [0.4, 0.5) is 17.6 Å². The second-order valence-electron chi connectivity index (χ2n) is 7.17. The van der Waals surface area contributed by atoms with Crippen molar-refractivity contribution in [3.63, 3.8) is 0 Å². The van der Waals surface area contributed by atoms with Crippen LogP contribution in [0.25, 0.3) is 5.57 Å². The second-order valence-corrected chi connectivity index (χ2v) is 9.53. The normalized spacial score (nSPS) is 14.3. The van der Waals surface area contributed by atoms with Gasteiger partial charge >= 0.3 is 6.61 Å². The Morgan fingerprint density at radius 2 is 1.81 bits per heavy atom. The van der Waals surface area contributed by atoms with Gasteiger partial charge in [-0.15, -0.1) is 0 Å². The van der Waals surface area contributed by atoms with Crippen LogP contribution in [0.2, 0.25) is 0 Å². The lowest BCUT2D eigenvalue weighted by molar-refractivity contribution is -0.0992. The van der Waals surface area contributed by atoms with E-state index in [0.29, 0.717) is 22.8 Å². The van der Waals surface area contributed by atoms with Gasteiger partial charge in [-0.05, 0) is 35.9 Å². The van der Waals surface area contributed by atoms with Crippen molar-refractivity contribution >= 4 is 15.4 Å². The lowest BCUT2D eigenvalue weighted by Gasteiger charge is -2.24. The molecule has 0 bridgehead atoms. The zero-order valence-electron chi connectivity index (χ0n) is 17.3. The third-order valence-corrected chi connectivity index (χ3v) is 6.27. The highest BCUT2D eigenvalue weighted by Gasteiger charge is 2.20. The first kappa shape index (κ1) is 23.6. The molecule has 3 rings (SSSR count). The summed E-state index contributed by atoms with van der Waals surface area (Å²) in [5, 5.41) is 0. The first-order valence-corrected chi connectivity index (χ1v) is 11.4. The molecule has 0 amide bonds. The largest absolute Gasteiger partial charge is 0.454 e. The quantitative estimate of drug-likeness (QED) is 0.502. The van der Waals surface area contributed by atoms with E-state index >= 15 is 0 Å². The minimum Gasteiger partial charge on any atom is -0.454 e. The molecular weight excluding hydrogens is 450 g/mol. The van der Waals surface area contributed by atoms with Crippen LogP contribution in [0.15, 0.2) is 54.4 Å². The molecule has 172 valence electrons. The van der Waals surface area contributed by atoms with Crippen LogP contribution in [0.1, 0.15) is 18.1 Å². The summed E-state index contributed by atoms with van der Waals surface area (Å²) < 4.78 is 87.2. The number of rotatable bonds is 8. The molecule has 0 atom stereocenters. The molecule has 0 fully saturated rings. The summed E-state index contributed by atoms with van der Waals surface area (Å²) in [6, 6.07) is 7.32. The summed E-state index contributed by atoms with van der Waals surface area (Å²) >= 11 is 0. The maximum absolute atomic E-state index is 14.1. The maximum Gasteiger partial charge on any atom is 0.387 e. The number of hydrogen-bond acceptors (Lipinski definition) is 5. The van der Waals surface area contributed by atoms with Crippen molar-refractivity contribution in [2.75, 3.05) is 19.3 Å². The van der Waals surface area contributed by atoms with Crippen molar-refractivity contribution in [3.8, 4) is 11.5 Å². The summed E-state index contributed by atoms with van der Waals surface area (Å²) in [5.74, 6) is -2.13. The van der Waals surface area contributed by atoms with Crippen LogP contribution in [0, 0.1) is 11.6 Å². The number of allylic oxidation sites excluding steroid dienone is 2. The van der Waals surface area contributed by atoms with Crippen LogP contribution in [-0.2, 0) is 20.3 Å². The van der Waals surface area contributed by atoms with Gasteiger partial charge in [0.25, 0.3) is 0 Å².